The van der Waals surface area contributed by atoms with E-state index in [0.717, 1.165) is 34.9 Å². The molecule has 0 saturated carbocycles. The van der Waals surface area contributed by atoms with Crippen molar-refractivity contribution < 1.29 is 4.74 Å². The van der Waals surface area contributed by atoms with Crippen LogP contribution in [0, 0.1) is 12.3 Å². The second kappa shape index (κ2) is 7.08. The molecule has 0 fully saturated rings. The van der Waals surface area contributed by atoms with Gasteiger partial charge in [-0.15, -0.1) is 24.1 Å². The Morgan fingerprint density at radius 1 is 1.50 bits per heavy atom. The van der Waals surface area contributed by atoms with Crippen molar-refractivity contribution in [3.63, 3.8) is 0 Å². The molecule has 2 nitrogen and oxygen atoms in total. The molecule has 2 N–H and O–H groups in total. The molecule has 86 valence electrons. The number of terminal acetylenes is 1. The Balaban J connectivity index is 2.56. The minimum Gasteiger partial charge on any atom is -0.494 e. The normalized spacial score (nSPS) is 9.75. The Kier molecular flexibility index (Phi) is 5.66. The molecule has 0 radical (unpaired) electrons. The summed E-state index contributed by atoms with van der Waals surface area (Å²) in [6.45, 7) is 2.64. The largest absolute Gasteiger partial charge is 0.494 e. The zero-order valence-electron chi connectivity index (χ0n) is 9.53. The summed E-state index contributed by atoms with van der Waals surface area (Å²) in [6.07, 6.45) is 7.03. The van der Waals surface area contributed by atoms with E-state index in [2.05, 4.69) is 5.92 Å². The first-order chi connectivity index (χ1) is 7.77. The number of anilines is 1. The van der Waals surface area contributed by atoms with Gasteiger partial charge in [0.2, 0.25) is 0 Å². The first-order valence-electron chi connectivity index (χ1n) is 5.36. The van der Waals surface area contributed by atoms with E-state index in [-0.39, 0.29) is 0 Å². The highest BCUT2D eigenvalue weighted by Crippen LogP contribution is 2.29. The fourth-order valence-electron chi connectivity index (χ4n) is 1.25. The molecule has 0 aliphatic carbocycles. The summed E-state index contributed by atoms with van der Waals surface area (Å²) in [7, 11) is 0. The second-order valence-corrected chi connectivity index (χ2v) is 4.43. The maximum atomic E-state index is 5.88. The maximum Gasteiger partial charge on any atom is 0.120 e. The molecule has 3 heteroatoms. The van der Waals surface area contributed by atoms with Crippen molar-refractivity contribution in [2.45, 2.75) is 24.7 Å². The van der Waals surface area contributed by atoms with Gasteiger partial charge in [-0.25, -0.2) is 0 Å². The standard InChI is InChI=1S/C13H17NOS/c1-3-5-6-9-16-13-10-11(15-4-2)7-8-12(13)14/h1,7-8,10H,4-6,9,14H2,2H3. The van der Waals surface area contributed by atoms with Crippen LogP contribution in [0.4, 0.5) is 5.69 Å². The quantitative estimate of drug-likeness (QED) is 0.356. The molecule has 0 aromatic heterocycles. The highest BCUT2D eigenvalue weighted by atomic mass is 32.2. The average molecular weight is 235 g/mol. The van der Waals surface area contributed by atoms with Gasteiger partial charge in [0.1, 0.15) is 5.75 Å². The third kappa shape index (κ3) is 4.08. The fraction of sp³-hybridized carbons (Fsp3) is 0.385. The number of hydrogen-bond donors (Lipinski definition) is 1. The first-order valence-corrected chi connectivity index (χ1v) is 6.35. The maximum absolute atomic E-state index is 5.88. The van der Waals surface area contributed by atoms with Gasteiger partial charge in [0, 0.05) is 17.0 Å². The molecule has 0 aliphatic rings. The molecule has 0 amide bonds. The van der Waals surface area contributed by atoms with Crippen LogP contribution in [0.15, 0.2) is 23.1 Å². The number of thioether (sulfide) groups is 1. The van der Waals surface area contributed by atoms with Crippen LogP contribution >= 0.6 is 11.8 Å². The van der Waals surface area contributed by atoms with Crippen molar-refractivity contribution in [1.29, 1.82) is 0 Å². The van der Waals surface area contributed by atoms with Crippen LogP contribution in [-0.2, 0) is 0 Å². The highest BCUT2D eigenvalue weighted by molar-refractivity contribution is 7.99. The van der Waals surface area contributed by atoms with Crippen LogP contribution in [0.5, 0.6) is 5.75 Å². The van der Waals surface area contributed by atoms with Gasteiger partial charge >= 0.3 is 0 Å². The summed E-state index contributed by atoms with van der Waals surface area (Å²) in [5.41, 5.74) is 6.68. The molecule has 16 heavy (non-hydrogen) atoms. The third-order valence-corrected chi connectivity index (χ3v) is 3.18. The summed E-state index contributed by atoms with van der Waals surface area (Å²) in [6, 6.07) is 5.76. The lowest BCUT2D eigenvalue weighted by atomic mass is 10.3. The van der Waals surface area contributed by atoms with Crippen LogP contribution in [0.1, 0.15) is 19.8 Å². The molecule has 0 aliphatic heterocycles. The summed E-state index contributed by atoms with van der Waals surface area (Å²) in [5, 5.41) is 0. The number of nitrogen functional groups attached to an aromatic ring is 1. The van der Waals surface area contributed by atoms with Gasteiger partial charge < -0.3 is 10.5 Å². The van der Waals surface area contributed by atoms with Crippen LogP contribution in [0.3, 0.4) is 0 Å². The van der Waals surface area contributed by atoms with Crippen LogP contribution < -0.4 is 10.5 Å². The molecule has 1 aromatic rings. The summed E-state index contributed by atoms with van der Waals surface area (Å²) in [4.78, 5) is 1.07. The van der Waals surface area contributed by atoms with Crippen molar-refractivity contribution in [3.05, 3.63) is 18.2 Å². The van der Waals surface area contributed by atoms with E-state index >= 15 is 0 Å². The Hall–Kier alpha value is -1.27. The van der Waals surface area contributed by atoms with E-state index in [4.69, 9.17) is 16.9 Å². The fourth-order valence-corrected chi connectivity index (χ4v) is 2.20. The monoisotopic (exact) mass is 235 g/mol. The summed E-state index contributed by atoms with van der Waals surface area (Å²) < 4.78 is 5.43. The van der Waals surface area contributed by atoms with E-state index in [0.29, 0.717) is 6.61 Å². The molecule has 0 unspecified atom stereocenters. The summed E-state index contributed by atoms with van der Waals surface area (Å²) >= 11 is 1.73. The van der Waals surface area contributed by atoms with E-state index in [1.54, 1.807) is 11.8 Å². The zero-order chi connectivity index (χ0) is 11.8. The van der Waals surface area contributed by atoms with Crippen molar-refractivity contribution in [3.8, 4) is 18.1 Å². The molecule has 0 saturated heterocycles. The van der Waals surface area contributed by atoms with E-state index in [1.165, 1.54) is 0 Å². The van der Waals surface area contributed by atoms with Gasteiger partial charge in [-0.05, 0) is 37.3 Å². The Morgan fingerprint density at radius 3 is 3.00 bits per heavy atom. The smallest absolute Gasteiger partial charge is 0.120 e. The lowest BCUT2D eigenvalue weighted by Gasteiger charge is -2.08. The lowest BCUT2D eigenvalue weighted by molar-refractivity contribution is 0.339. The molecule has 0 bridgehead atoms. The van der Waals surface area contributed by atoms with Gasteiger partial charge in [-0.2, -0.15) is 0 Å². The molecule has 1 rings (SSSR count). The lowest BCUT2D eigenvalue weighted by Crippen LogP contribution is -1.94. The Labute approximate surface area is 102 Å². The molecule has 0 atom stereocenters. The predicted molar refractivity (Wildman–Crippen MR) is 70.8 cm³/mol. The number of nitrogens with two attached hydrogens (primary N) is 1. The highest BCUT2D eigenvalue weighted by Gasteiger charge is 2.02. The third-order valence-electron chi connectivity index (χ3n) is 2.02. The van der Waals surface area contributed by atoms with E-state index in [1.807, 2.05) is 25.1 Å². The summed E-state index contributed by atoms with van der Waals surface area (Å²) in [5.74, 6) is 4.49. The van der Waals surface area contributed by atoms with Gasteiger partial charge in [0.15, 0.2) is 0 Å². The molecule has 0 spiro atoms. The number of ether oxygens (including phenoxy) is 1. The number of hydrogen-bond acceptors (Lipinski definition) is 3. The minimum absolute atomic E-state index is 0.672. The second-order valence-electron chi connectivity index (χ2n) is 3.29. The zero-order valence-corrected chi connectivity index (χ0v) is 10.3. The van der Waals surface area contributed by atoms with E-state index < -0.39 is 0 Å². The van der Waals surface area contributed by atoms with Crippen molar-refractivity contribution >= 4 is 17.4 Å². The molecule has 1 aromatic carbocycles. The van der Waals surface area contributed by atoms with Gasteiger partial charge in [0.05, 0.1) is 6.61 Å². The van der Waals surface area contributed by atoms with Gasteiger partial charge in [-0.3, -0.25) is 0 Å². The Bertz CT molecular complexity index is 371. The van der Waals surface area contributed by atoms with Crippen LogP contribution in [-0.4, -0.2) is 12.4 Å². The average Bonchev–Trinajstić information content (AvgIpc) is 2.29. The SMILES string of the molecule is C#CCCCSc1cc(OCC)ccc1N. The number of unbranched alkanes of at least 4 members (excludes halogenated alkanes) is 1. The van der Waals surface area contributed by atoms with Gasteiger partial charge in [-0.1, -0.05) is 0 Å². The van der Waals surface area contributed by atoms with Crippen molar-refractivity contribution in [1.82, 2.24) is 0 Å². The molecular formula is C13H17NOS. The Morgan fingerprint density at radius 2 is 2.31 bits per heavy atom. The van der Waals surface area contributed by atoms with Crippen molar-refractivity contribution in [2.75, 3.05) is 18.1 Å². The minimum atomic E-state index is 0.672. The van der Waals surface area contributed by atoms with Crippen LogP contribution in [0.2, 0.25) is 0 Å². The number of rotatable bonds is 6. The molecule has 0 heterocycles. The van der Waals surface area contributed by atoms with Gasteiger partial charge in [0.25, 0.3) is 0 Å². The number of benzene rings is 1. The van der Waals surface area contributed by atoms with E-state index in [9.17, 15) is 0 Å². The van der Waals surface area contributed by atoms with Crippen molar-refractivity contribution in [2.24, 2.45) is 0 Å². The van der Waals surface area contributed by atoms with Crippen LogP contribution in [0.25, 0.3) is 0 Å². The first kappa shape index (κ1) is 12.8. The predicted octanol–water partition coefficient (Wildman–Crippen LogP) is 3.17. The molecular weight excluding hydrogens is 218 g/mol. The topological polar surface area (TPSA) is 35.2 Å².